The quantitative estimate of drug-likeness (QED) is 0.618. The van der Waals surface area contributed by atoms with E-state index in [0.29, 0.717) is 17.4 Å². The number of aromatic nitrogens is 2. The SMILES string of the molecule is Cn1ccnc1SCc1ccc(C(=O)O[C@H]2C[C@H]3CC[C@H]2C3)o1. The molecule has 2 heterocycles. The van der Waals surface area contributed by atoms with Crippen LogP contribution in [0.4, 0.5) is 0 Å². The Morgan fingerprint density at radius 1 is 1.43 bits per heavy atom. The van der Waals surface area contributed by atoms with Crippen LogP contribution in [0.2, 0.25) is 0 Å². The lowest BCUT2D eigenvalue weighted by atomic mass is 9.98. The smallest absolute Gasteiger partial charge is 0.374 e. The number of thioether (sulfide) groups is 1. The standard InChI is InChI=1S/C17H20N2O3S/c1-19-7-6-18-17(19)23-10-13-4-5-14(21-13)16(20)22-15-9-11-2-3-12(15)8-11/h4-7,11-12,15H,2-3,8-10H2,1H3/t11-,12-,15-/m0/s1. The normalized spacial score (nSPS) is 25.9. The van der Waals surface area contributed by atoms with Crippen molar-refractivity contribution in [2.45, 2.75) is 42.7 Å². The summed E-state index contributed by atoms with van der Waals surface area (Å²) < 4.78 is 13.3. The van der Waals surface area contributed by atoms with Gasteiger partial charge in [-0.25, -0.2) is 9.78 Å². The third-order valence-corrected chi connectivity index (χ3v) is 6.00. The Morgan fingerprint density at radius 2 is 2.35 bits per heavy atom. The zero-order valence-corrected chi connectivity index (χ0v) is 13.9. The highest BCUT2D eigenvalue weighted by Gasteiger charge is 2.42. The Hall–Kier alpha value is -1.69. The van der Waals surface area contributed by atoms with E-state index in [-0.39, 0.29) is 12.1 Å². The Morgan fingerprint density at radius 3 is 3.04 bits per heavy atom. The number of nitrogens with zero attached hydrogens (tertiary/aromatic N) is 2. The van der Waals surface area contributed by atoms with Gasteiger partial charge >= 0.3 is 5.97 Å². The van der Waals surface area contributed by atoms with Crippen molar-refractivity contribution in [1.29, 1.82) is 0 Å². The lowest BCUT2D eigenvalue weighted by Gasteiger charge is -2.21. The maximum Gasteiger partial charge on any atom is 0.374 e. The van der Waals surface area contributed by atoms with Crippen molar-refractivity contribution in [2.24, 2.45) is 18.9 Å². The van der Waals surface area contributed by atoms with E-state index in [1.54, 1.807) is 24.0 Å². The van der Waals surface area contributed by atoms with Gasteiger partial charge in [-0.1, -0.05) is 11.8 Å². The number of carbonyl (C=O) groups excluding carboxylic acids is 1. The van der Waals surface area contributed by atoms with E-state index in [4.69, 9.17) is 9.15 Å². The minimum absolute atomic E-state index is 0.0942. The molecule has 0 amide bonds. The number of hydrogen-bond acceptors (Lipinski definition) is 5. The van der Waals surface area contributed by atoms with Gasteiger partial charge in [0.05, 0.1) is 5.75 Å². The summed E-state index contributed by atoms with van der Waals surface area (Å²) in [6, 6.07) is 3.55. The van der Waals surface area contributed by atoms with Crippen molar-refractivity contribution < 1.29 is 13.9 Å². The predicted molar refractivity (Wildman–Crippen MR) is 86.1 cm³/mol. The van der Waals surface area contributed by atoms with Gasteiger partial charge in [0.25, 0.3) is 0 Å². The summed E-state index contributed by atoms with van der Waals surface area (Å²) in [4.78, 5) is 16.5. The first-order valence-electron chi connectivity index (χ1n) is 8.09. The van der Waals surface area contributed by atoms with Crippen molar-refractivity contribution >= 4 is 17.7 Å². The van der Waals surface area contributed by atoms with Gasteiger partial charge < -0.3 is 13.7 Å². The van der Waals surface area contributed by atoms with Crippen LogP contribution in [0, 0.1) is 11.8 Å². The Balaban J connectivity index is 1.34. The van der Waals surface area contributed by atoms with Crippen molar-refractivity contribution in [2.75, 3.05) is 0 Å². The minimum Gasteiger partial charge on any atom is -0.456 e. The first kappa shape index (κ1) is 14.9. The monoisotopic (exact) mass is 332 g/mol. The topological polar surface area (TPSA) is 57.3 Å². The zero-order valence-electron chi connectivity index (χ0n) is 13.1. The molecule has 0 spiro atoms. The van der Waals surface area contributed by atoms with Crippen molar-refractivity contribution in [3.05, 3.63) is 36.0 Å². The third-order valence-electron chi connectivity index (χ3n) is 4.91. The third kappa shape index (κ3) is 3.04. The van der Waals surface area contributed by atoms with E-state index in [1.807, 2.05) is 23.9 Å². The van der Waals surface area contributed by atoms with Crippen LogP contribution in [0.3, 0.4) is 0 Å². The molecule has 0 saturated heterocycles. The molecule has 0 unspecified atom stereocenters. The van der Waals surface area contributed by atoms with Crippen LogP contribution in [0.5, 0.6) is 0 Å². The largest absolute Gasteiger partial charge is 0.456 e. The summed E-state index contributed by atoms with van der Waals surface area (Å²) >= 11 is 1.58. The molecule has 2 aromatic rings. The molecule has 0 radical (unpaired) electrons. The van der Waals surface area contributed by atoms with E-state index in [1.165, 1.54) is 19.3 Å². The highest BCUT2D eigenvalue weighted by atomic mass is 32.2. The fourth-order valence-electron chi connectivity index (χ4n) is 3.72. The minimum atomic E-state index is -0.323. The average molecular weight is 332 g/mol. The van der Waals surface area contributed by atoms with Gasteiger partial charge in [-0.15, -0.1) is 0 Å². The molecular weight excluding hydrogens is 312 g/mol. The first-order valence-corrected chi connectivity index (χ1v) is 9.07. The zero-order chi connectivity index (χ0) is 15.8. The molecule has 23 heavy (non-hydrogen) atoms. The first-order chi connectivity index (χ1) is 11.2. The Bertz CT molecular complexity index is 708. The van der Waals surface area contributed by atoms with E-state index in [2.05, 4.69) is 4.98 Å². The van der Waals surface area contributed by atoms with Crippen LogP contribution >= 0.6 is 11.8 Å². The van der Waals surface area contributed by atoms with Crippen molar-refractivity contribution in [1.82, 2.24) is 9.55 Å². The number of hydrogen-bond donors (Lipinski definition) is 0. The van der Waals surface area contributed by atoms with Gasteiger partial charge in [-0.2, -0.15) is 0 Å². The lowest BCUT2D eigenvalue weighted by molar-refractivity contribution is 0.0124. The van der Waals surface area contributed by atoms with Crippen LogP contribution in [-0.4, -0.2) is 21.6 Å². The van der Waals surface area contributed by atoms with Gasteiger partial charge in [-0.3, -0.25) is 0 Å². The predicted octanol–water partition coefficient (Wildman–Crippen LogP) is 3.65. The van der Waals surface area contributed by atoms with E-state index in [9.17, 15) is 4.79 Å². The molecule has 2 aromatic heterocycles. The number of ether oxygens (including phenoxy) is 1. The highest BCUT2D eigenvalue weighted by Crippen LogP contribution is 2.46. The number of esters is 1. The van der Waals surface area contributed by atoms with Crippen molar-refractivity contribution in [3.63, 3.8) is 0 Å². The maximum absolute atomic E-state index is 12.2. The molecule has 2 aliphatic rings. The summed E-state index contributed by atoms with van der Waals surface area (Å²) in [5, 5.41) is 0.924. The second kappa shape index (κ2) is 6.07. The molecule has 122 valence electrons. The summed E-state index contributed by atoms with van der Waals surface area (Å²) in [7, 11) is 1.95. The number of fused-ring (bicyclic) bond motifs is 2. The highest BCUT2D eigenvalue weighted by molar-refractivity contribution is 7.98. The summed E-state index contributed by atoms with van der Waals surface area (Å²) in [5.41, 5.74) is 0. The fraction of sp³-hybridized carbons (Fsp3) is 0.529. The Labute approximate surface area is 139 Å². The molecular formula is C17H20N2O3S. The lowest BCUT2D eigenvalue weighted by Crippen LogP contribution is -2.23. The second-order valence-electron chi connectivity index (χ2n) is 6.49. The molecule has 0 aromatic carbocycles. The van der Waals surface area contributed by atoms with Gasteiger partial charge in [0.2, 0.25) is 5.76 Å². The van der Waals surface area contributed by atoms with Gasteiger partial charge in [0.15, 0.2) is 5.16 Å². The van der Waals surface area contributed by atoms with E-state index >= 15 is 0 Å². The molecule has 6 heteroatoms. The van der Waals surface area contributed by atoms with Crippen LogP contribution in [0.15, 0.2) is 34.1 Å². The molecule has 3 atom stereocenters. The number of furan rings is 1. The van der Waals surface area contributed by atoms with Gasteiger partial charge in [0.1, 0.15) is 11.9 Å². The molecule has 5 nitrogen and oxygen atoms in total. The Kier molecular flexibility index (Phi) is 3.93. The van der Waals surface area contributed by atoms with Crippen LogP contribution in [-0.2, 0) is 17.5 Å². The average Bonchev–Trinajstić information content (AvgIpc) is 3.30. The van der Waals surface area contributed by atoms with Gasteiger partial charge in [0, 0.05) is 19.4 Å². The van der Waals surface area contributed by atoms with Crippen LogP contribution in [0.1, 0.15) is 42.0 Å². The summed E-state index contributed by atoms with van der Waals surface area (Å²) in [6.07, 6.45) is 8.52. The number of rotatable bonds is 5. The van der Waals surface area contributed by atoms with Crippen molar-refractivity contribution in [3.8, 4) is 0 Å². The maximum atomic E-state index is 12.2. The van der Waals surface area contributed by atoms with Gasteiger partial charge in [-0.05, 0) is 49.7 Å². The molecule has 2 bridgehead atoms. The molecule has 2 aliphatic carbocycles. The summed E-state index contributed by atoms with van der Waals surface area (Å²) in [6.45, 7) is 0. The molecule has 0 aliphatic heterocycles. The van der Waals surface area contributed by atoms with Crippen LogP contribution < -0.4 is 0 Å². The van der Waals surface area contributed by atoms with E-state index in [0.717, 1.165) is 23.3 Å². The second-order valence-corrected chi connectivity index (χ2v) is 7.44. The summed E-state index contributed by atoms with van der Waals surface area (Å²) in [5.74, 6) is 2.72. The molecule has 2 fully saturated rings. The number of aryl methyl sites for hydroxylation is 1. The fourth-order valence-corrected chi connectivity index (χ4v) is 4.54. The number of carbonyl (C=O) groups is 1. The molecule has 0 N–H and O–H groups in total. The van der Waals surface area contributed by atoms with E-state index < -0.39 is 0 Å². The molecule has 4 rings (SSSR count). The number of imidazole rings is 1. The molecule has 2 saturated carbocycles. The van der Waals surface area contributed by atoms with Crippen LogP contribution in [0.25, 0.3) is 0 Å².